The molecule has 0 aromatic carbocycles. The number of H-pyrrole nitrogens is 1. The maximum atomic E-state index is 8.87. The van der Waals surface area contributed by atoms with Crippen LogP contribution in [0.2, 0.25) is 0 Å². The predicted molar refractivity (Wildman–Crippen MR) is 40.5 cm³/mol. The number of aromatic nitrogens is 2. The van der Waals surface area contributed by atoms with Crippen molar-refractivity contribution in [1.82, 2.24) is 9.97 Å². The fourth-order valence-electron chi connectivity index (χ4n) is 1.07. The zero-order valence-electron chi connectivity index (χ0n) is 5.78. The lowest BCUT2D eigenvalue weighted by molar-refractivity contribution is 0.267. The van der Waals surface area contributed by atoms with E-state index in [-0.39, 0.29) is 12.6 Å². The van der Waals surface area contributed by atoms with Crippen molar-refractivity contribution >= 4 is 12.2 Å². The van der Waals surface area contributed by atoms with Crippen molar-refractivity contribution in [2.24, 2.45) is 4.99 Å². The number of aromatic amines is 1. The van der Waals surface area contributed by atoms with Gasteiger partial charge in [-0.15, -0.1) is 0 Å². The number of fused-ring (bicyclic) bond motifs is 1. The second kappa shape index (κ2) is 2.35. The van der Waals surface area contributed by atoms with Gasteiger partial charge in [-0.2, -0.15) is 0 Å². The number of rotatable bonds is 1. The molecule has 0 spiro atoms. The van der Waals surface area contributed by atoms with E-state index in [9.17, 15) is 0 Å². The highest BCUT2D eigenvalue weighted by Gasteiger charge is 2.17. The van der Waals surface area contributed by atoms with Gasteiger partial charge in [-0.05, 0) is 0 Å². The van der Waals surface area contributed by atoms with E-state index in [0.29, 0.717) is 0 Å². The zero-order chi connectivity index (χ0) is 7.68. The quantitative estimate of drug-likeness (QED) is 0.526. The van der Waals surface area contributed by atoms with Gasteiger partial charge in [0.25, 0.3) is 0 Å². The summed E-state index contributed by atoms with van der Waals surface area (Å²) >= 11 is 0. The first-order valence-corrected chi connectivity index (χ1v) is 3.34. The number of imidazole rings is 1. The van der Waals surface area contributed by atoms with E-state index < -0.39 is 0 Å². The second-order valence-electron chi connectivity index (χ2n) is 2.29. The molecule has 3 N–H and O–H groups in total. The van der Waals surface area contributed by atoms with Crippen molar-refractivity contribution in [3.63, 3.8) is 0 Å². The number of aliphatic hydroxyl groups is 1. The monoisotopic (exact) mass is 152 g/mol. The molecule has 11 heavy (non-hydrogen) atoms. The highest BCUT2D eigenvalue weighted by molar-refractivity contribution is 5.77. The molecule has 2 rings (SSSR count). The molecule has 0 aliphatic carbocycles. The first-order chi connectivity index (χ1) is 5.42. The Hall–Kier alpha value is -1.36. The third kappa shape index (κ3) is 0.894. The van der Waals surface area contributed by atoms with Crippen molar-refractivity contribution < 1.29 is 5.11 Å². The molecule has 0 saturated heterocycles. The van der Waals surface area contributed by atoms with Crippen molar-refractivity contribution in [2.75, 3.05) is 11.9 Å². The van der Waals surface area contributed by atoms with E-state index in [1.165, 1.54) is 0 Å². The first-order valence-electron chi connectivity index (χ1n) is 3.34. The normalized spacial score (nSPS) is 21.0. The van der Waals surface area contributed by atoms with Gasteiger partial charge in [-0.3, -0.25) is 4.99 Å². The number of nitrogens with one attached hydrogen (secondary N) is 2. The van der Waals surface area contributed by atoms with E-state index in [2.05, 4.69) is 20.3 Å². The number of hydrogen-bond donors (Lipinski definition) is 3. The van der Waals surface area contributed by atoms with Crippen molar-refractivity contribution in [2.45, 2.75) is 6.04 Å². The third-order valence-corrected chi connectivity index (χ3v) is 1.63. The Morgan fingerprint density at radius 2 is 2.55 bits per heavy atom. The number of hydrogen-bond acceptors (Lipinski definition) is 4. The Bertz CT molecular complexity index is 280. The summed E-state index contributed by atoms with van der Waals surface area (Å²) in [7, 11) is 0. The van der Waals surface area contributed by atoms with Crippen LogP contribution in [0.25, 0.3) is 0 Å². The smallest absolute Gasteiger partial charge is 0.154 e. The molecule has 0 radical (unpaired) electrons. The molecule has 0 saturated carbocycles. The van der Waals surface area contributed by atoms with Crippen molar-refractivity contribution in [1.29, 1.82) is 0 Å². The molecule has 0 bridgehead atoms. The Kier molecular flexibility index (Phi) is 1.36. The molecule has 1 aromatic rings. The predicted octanol–water partition coefficient (Wildman–Crippen LogP) is -0.103. The molecular formula is C6H8N4O. The summed E-state index contributed by atoms with van der Waals surface area (Å²) in [6.45, 7) is 0.00731. The lowest BCUT2D eigenvalue weighted by atomic mass is 10.2. The molecule has 5 heteroatoms. The SMILES string of the molecule is OCC1N=CNc2nc[nH]c21. The van der Waals surface area contributed by atoms with Crippen LogP contribution in [-0.2, 0) is 0 Å². The fourth-order valence-corrected chi connectivity index (χ4v) is 1.07. The van der Waals surface area contributed by atoms with Gasteiger partial charge in [0, 0.05) is 0 Å². The Morgan fingerprint density at radius 3 is 3.36 bits per heavy atom. The molecule has 1 atom stereocenters. The Balaban J connectivity index is 2.38. The second-order valence-corrected chi connectivity index (χ2v) is 2.29. The third-order valence-electron chi connectivity index (χ3n) is 1.63. The minimum Gasteiger partial charge on any atom is -0.394 e. The van der Waals surface area contributed by atoms with E-state index in [1.807, 2.05) is 0 Å². The van der Waals surface area contributed by atoms with Crippen molar-refractivity contribution in [3.8, 4) is 0 Å². The van der Waals surface area contributed by atoms with Gasteiger partial charge in [0.05, 0.1) is 25.0 Å². The van der Waals surface area contributed by atoms with Crippen LogP contribution in [0.5, 0.6) is 0 Å². The van der Waals surface area contributed by atoms with E-state index in [1.54, 1.807) is 12.7 Å². The summed E-state index contributed by atoms with van der Waals surface area (Å²) in [4.78, 5) is 10.9. The van der Waals surface area contributed by atoms with Crippen LogP contribution in [0.1, 0.15) is 11.7 Å². The summed E-state index contributed by atoms with van der Waals surface area (Å²) < 4.78 is 0. The Labute approximate surface area is 63.2 Å². The minimum absolute atomic E-state index is 0.00731. The van der Waals surface area contributed by atoms with Gasteiger partial charge in [0.2, 0.25) is 0 Å². The van der Waals surface area contributed by atoms with Gasteiger partial charge in [-0.1, -0.05) is 0 Å². The molecule has 58 valence electrons. The number of nitrogens with zero attached hydrogens (tertiary/aromatic N) is 2. The molecule has 1 aliphatic rings. The number of aliphatic hydroxyl groups excluding tert-OH is 1. The standard InChI is InChI=1S/C6H8N4O/c11-1-4-5-6(9-2-7-4)10-3-8-5/h2-4,11H,1H2,(H,7,9)(H,8,10). The minimum atomic E-state index is -0.186. The lowest BCUT2D eigenvalue weighted by Gasteiger charge is -2.13. The van der Waals surface area contributed by atoms with Crippen LogP contribution < -0.4 is 5.32 Å². The summed E-state index contributed by atoms with van der Waals surface area (Å²) in [5.74, 6) is 0.749. The lowest BCUT2D eigenvalue weighted by Crippen LogP contribution is -2.12. The number of aliphatic imine (C=N–C) groups is 1. The van der Waals surface area contributed by atoms with Crippen LogP contribution in [-0.4, -0.2) is 28.0 Å². The molecular weight excluding hydrogens is 144 g/mol. The maximum absolute atomic E-state index is 8.87. The van der Waals surface area contributed by atoms with Crippen LogP contribution in [0, 0.1) is 0 Å². The Morgan fingerprint density at radius 1 is 1.64 bits per heavy atom. The molecule has 0 amide bonds. The molecule has 1 aromatic heterocycles. The van der Waals surface area contributed by atoms with Crippen molar-refractivity contribution in [3.05, 3.63) is 12.0 Å². The molecule has 2 heterocycles. The van der Waals surface area contributed by atoms with Crippen LogP contribution in [0.3, 0.4) is 0 Å². The maximum Gasteiger partial charge on any atom is 0.154 e. The van der Waals surface area contributed by atoms with Gasteiger partial charge in [-0.25, -0.2) is 4.98 Å². The summed E-state index contributed by atoms with van der Waals surface area (Å²) in [6.07, 6.45) is 3.12. The molecule has 1 unspecified atom stereocenters. The highest BCUT2D eigenvalue weighted by atomic mass is 16.3. The van der Waals surface area contributed by atoms with Gasteiger partial charge < -0.3 is 15.4 Å². The average Bonchev–Trinajstić information content (AvgIpc) is 2.50. The summed E-state index contributed by atoms with van der Waals surface area (Å²) in [5.41, 5.74) is 0.843. The molecule has 0 fully saturated rings. The van der Waals surface area contributed by atoms with Gasteiger partial charge in [0.1, 0.15) is 6.04 Å². The van der Waals surface area contributed by atoms with Gasteiger partial charge in [0.15, 0.2) is 5.82 Å². The highest BCUT2D eigenvalue weighted by Crippen LogP contribution is 2.23. The van der Waals surface area contributed by atoms with Crippen LogP contribution >= 0.6 is 0 Å². The average molecular weight is 152 g/mol. The van der Waals surface area contributed by atoms with Gasteiger partial charge >= 0.3 is 0 Å². The van der Waals surface area contributed by atoms with E-state index >= 15 is 0 Å². The topological polar surface area (TPSA) is 73.3 Å². The largest absolute Gasteiger partial charge is 0.394 e. The van der Waals surface area contributed by atoms with Crippen LogP contribution in [0.4, 0.5) is 5.82 Å². The number of anilines is 1. The molecule has 1 aliphatic heterocycles. The van der Waals surface area contributed by atoms with E-state index in [4.69, 9.17) is 5.11 Å². The zero-order valence-corrected chi connectivity index (χ0v) is 5.78. The molecule has 5 nitrogen and oxygen atoms in total. The summed E-state index contributed by atoms with van der Waals surface area (Å²) in [5, 5.41) is 11.7. The fraction of sp³-hybridized carbons (Fsp3) is 0.333. The first kappa shape index (κ1) is 6.36. The van der Waals surface area contributed by atoms with Crippen LogP contribution in [0.15, 0.2) is 11.3 Å². The van der Waals surface area contributed by atoms with E-state index in [0.717, 1.165) is 11.5 Å². The summed E-state index contributed by atoms with van der Waals surface area (Å²) in [6, 6.07) is -0.186.